The molecule has 1 aliphatic rings. The maximum atomic E-state index is 11.2. The smallest absolute Gasteiger partial charge is 0.307 e. The van der Waals surface area contributed by atoms with Gasteiger partial charge in [0.2, 0.25) is 0 Å². The summed E-state index contributed by atoms with van der Waals surface area (Å²) in [7, 11) is 1.63. The van der Waals surface area contributed by atoms with Gasteiger partial charge in [-0.3, -0.25) is 4.79 Å². The quantitative estimate of drug-likeness (QED) is 0.939. The van der Waals surface area contributed by atoms with Crippen LogP contribution in [0.15, 0.2) is 30.3 Å². The predicted molar refractivity (Wildman–Crippen MR) is 85.5 cm³/mol. The Hall–Kier alpha value is -2.69. The van der Waals surface area contributed by atoms with Gasteiger partial charge in [0.1, 0.15) is 19.0 Å². The fourth-order valence-electron chi connectivity index (χ4n) is 2.75. The van der Waals surface area contributed by atoms with Crippen molar-refractivity contribution in [2.75, 3.05) is 20.3 Å². The first-order valence-electron chi connectivity index (χ1n) is 7.38. The number of hydrogen-bond acceptors (Lipinski definition) is 4. The molecule has 1 aliphatic heterocycles. The third-order valence-corrected chi connectivity index (χ3v) is 3.82. The number of ether oxygens (including phenoxy) is 3. The second-order valence-corrected chi connectivity index (χ2v) is 5.41. The SMILES string of the molecule is COc1ccc(-c2cc3c(cc2CC(=O)O)OCCO3)cc1C. The van der Waals surface area contributed by atoms with Crippen molar-refractivity contribution in [3.05, 3.63) is 41.5 Å². The number of hydrogen-bond donors (Lipinski definition) is 1. The molecular weight excluding hydrogens is 296 g/mol. The Balaban J connectivity index is 2.12. The molecule has 0 unspecified atom stereocenters. The van der Waals surface area contributed by atoms with Crippen LogP contribution < -0.4 is 14.2 Å². The molecule has 0 bridgehead atoms. The van der Waals surface area contributed by atoms with E-state index in [0.29, 0.717) is 30.3 Å². The van der Waals surface area contributed by atoms with Gasteiger partial charge in [0.25, 0.3) is 0 Å². The molecule has 5 heteroatoms. The summed E-state index contributed by atoms with van der Waals surface area (Å²) in [6.07, 6.45) is -0.0724. The van der Waals surface area contributed by atoms with Crippen molar-refractivity contribution in [3.63, 3.8) is 0 Å². The third kappa shape index (κ3) is 3.08. The van der Waals surface area contributed by atoms with E-state index in [-0.39, 0.29) is 6.42 Å². The molecule has 0 fully saturated rings. The summed E-state index contributed by atoms with van der Waals surface area (Å²) in [5.41, 5.74) is 3.45. The summed E-state index contributed by atoms with van der Waals surface area (Å²) < 4.78 is 16.5. The number of aryl methyl sites for hydroxylation is 1. The molecule has 0 saturated heterocycles. The van der Waals surface area contributed by atoms with Crippen LogP contribution in [0.5, 0.6) is 17.2 Å². The molecule has 0 saturated carbocycles. The highest BCUT2D eigenvalue weighted by Crippen LogP contribution is 2.38. The molecule has 0 atom stereocenters. The van der Waals surface area contributed by atoms with Gasteiger partial charge in [-0.1, -0.05) is 6.07 Å². The van der Waals surface area contributed by atoms with Crippen LogP contribution >= 0.6 is 0 Å². The van der Waals surface area contributed by atoms with Crippen LogP contribution in [0, 0.1) is 6.92 Å². The molecule has 1 N–H and O–H groups in total. The Morgan fingerprint density at radius 2 is 1.87 bits per heavy atom. The first kappa shape index (κ1) is 15.2. The van der Waals surface area contributed by atoms with E-state index in [0.717, 1.165) is 22.4 Å². The highest BCUT2D eigenvalue weighted by Gasteiger charge is 2.18. The van der Waals surface area contributed by atoms with Gasteiger partial charge in [-0.05, 0) is 53.4 Å². The Morgan fingerprint density at radius 1 is 1.17 bits per heavy atom. The Bertz CT molecular complexity index is 751. The third-order valence-electron chi connectivity index (χ3n) is 3.82. The van der Waals surface area contributed by atoms with Gasteiger partial charge >= 0.3 is 5.97 Å². The molecular formula is C18H18O5. The molecule has 0 amide bonds. The lowest BCUT2D eigenvalue weighted by Crippen LogP contribution is -2.16. The van der Waals surface area contributed by atoms with E-state index < -0.39 is 5.97 Å². The van der Waals surface area contributed by atoms with Crippen molar-refractivity contribution in [1.82, 2.24) is 0 Å². The Kier molecular flexibility index (Phi) is 4.10. The number of rotatable bonds is 4. The van der Waals surface area contributed by atoms with Gasteiger partial charge in [-0.15, -0.1) is 0 Å². The average Bonchev–Trinajstić information content (AvgIpc) is 2.53. The van der Waals surface area contributed by atoms with E-state index >= 15 is 0 Å². The van der Waals surface area contributed by atoms with E-state index in [2.05, 4.69) is 0 Å². The maximum Gasteiger partial charge on any atom is 0.307 e. The van der Waals surface area contributed by atoms with Crippen molar-refractivity contribution < 1.29 is 24.1 Å². The average molecular weight is 314 g/mol. The van der Waals surface area contributed by atoms with Crippen LogP contribution in [0.4, 0.5) is 0 Å². The molecule has 23 heavy (non-hydrogen) atoms. The first-order chi connectivity index (χ1) is 11.1. The zero-order valence-electron chi connectivity index (χ0n) is 13.1. The molecule has 2 aromatic rings. The normalized spacial score (nSPS) is 12.8. The summed E-state index contributed by atoms with van der Waals surface area (Å²) in [4.78, 5) is 11.2. The van der Waals surface area contributed by atoms with Crippen LogP contribution in [0.25, 0.3) is 11.1 Å². The highest BCUT2D eigenvalue weighted by molar-refractivity contribution is 5.79. The number of carboxylic acid groups (broad SMARTS) is 1. The zero-order chi connectivity index (χ0) is 16.4. The van der Waals surface area contributed by atoms with Crippen molar-refractivity contribution in [2.24, 2.45) is 0 Å². The fourth-order valence-corrected chi connectivity index (χ4v) is 2.75. The lowest BCUT2D eigenvalue weighted by atomic mass is 9.95. The molecule has 2 aromatic carbocycles. The molecule has 1 heterocycles. The topological polar surface area (TPSA) is 65.0 Å². The van der Waals surface area contributed by atoms with E-state index in [1.807, 2.05) is 31.2 Å². The molecule has 0 radical (unpaired) electrons. The van der Waals surface area contributed by atoms with E-state index in [4.69, 9.17) is 14.2 Å². The molecule has 0 aromatic heterocycles. The summed E-state index contributed by atoms with van der Waals surface area (Å²) in [6, 6.07) is 9.40. The lowest BCUT2D eigenvalue weighted by Gasteiger charge is -2.21. The Labute approximate surface area is 134 Å². The van der Waals surface area contributed by atoms with Crippen LogP contribution in [-0.4, -0.2) is 31.4 Å². The minimum Gasteiger partial charge on any atom is -0.496 e. The molecule has 0 aliphatic carbocycles. The van der Waals surface area contributed by atoms with Crippen LogP contribution in [0.3, 0.4) is 0 Å². The van der Waals surface area contributed by atoms with Crippen LogP contribution in [0.1, 0.15) is 11.1 Å². The first-order valence-corrected chi connectivity index (χ1v) is 7.38. The summed E-state index contributed by atoms with van der Waals surface area (Å²) in [6.45, 7) is 2.92. The molecule has 5 nitrogen and oxygen atoms in total. The van der Waals surface area contributed by atoms with E-state index in [1.54, 1.807) is 13.2 Å². The second kappa shape index (κ2) is 6.20. The maximum absolute atomic E-state index is 11.2. The van der Waals surface area contributed by atoms with E-state index in [1.165, 1.54) is 0 Å². The van der Waals surface area contributed by atoms with Crippen molar-refractivity contribution in [1.29, 1.82) is 0 Å². The largest absolute Gasteiger partial charge is 0.496 e. The van der Waals surface area contributed by atoms with Crippen LogP contribution in [-0.2, 0) is 11.2 Å². The summed E-state index contributed by atoms with van der Waals surface area (Å²) in [5.74, 6) is 1.16. The van der Waals surface area contributed by atoms with Crippen molar-refractivity contribution in [2.45, 2.75) is 13.3 Å². The molecule has 120 valence electrons. The number of benzene rings is 2. The minimum atomic E-state index is -0.881. The van der Waals surface area contributed by atoms with Gasteiger partial charge in [-0.25, -0.2) is 0 Å². The van der Waals surface area contributed by atoms with Gasteiger partial charge in [0.15, 0.2) is 11.5 Å². The number of carboxylic acids is 1. The fraction of sp³-hybridized carbons (Fsp3) is 0.278. The summed E-state index contributed by atoms with van der Waals surface area (Å²) >= 11 is 0. The number of aliphatic carboxylic acids is 1. The number of carbonyl (C=O) groups is 1. The summed E-state index contributed by atoms with van der Waals surface area (Å²) in [5, 5.41) is 9.19. The predicted octanol–water partition coefficient (Wildman–Crippen LogP) is 3.07. The number of fused-ring (bicyclic) bond motifs is 1. The van der Waals surface area contributed by atoms with Crippen LogP contribution in [0.2, 0.25) is 0 Å². The number of methoxy groups -OCH3 is 1. The highest BCUT2D eigenvalue weighted by atomic mass is 16.6. The Morgan fingerprint density at radius 3 is 2.48 bits per heavy atom. The van der Waals surface area contributed by atoms with Gasteiger partial charge in [0.05, 0.1) is 13.5 Å². The molecule has 3 rings (SSSR count). The van der Waals surface area contributed by atoms with Gasteiger partial charge in [-0.2, -0.15) is 0 Å². The lowest BCUT2D eigenvalue weighted by molar-refractivity contribution is -0.136. The van der Waals surface area contributed by atoms with Crippen molar-refractivity contribution >= 4 is 5.97 Å². The second-order valence-electron chi connectivity index (χ2n) is 5.41. The standard InChI is InChI=1S/C18H18O5/c1-11-7-12(3-4-15(11)21-2)14-10-17-16(22-5-6-23-17)8-13(14)9-18(19)20/h3-4,7-8,10H,5-6,9H2,1-2H3,(H,19,20). The van der Waals surface area contributed by atoms with E-state index in [9.17, 15) is 9.90 Å². The monoisotopic (exact) mass is 314 g/mol. The van der Waals surface area contributed by atoms with Crippen molar-refractivity contribution in [3.8, 4) is 28.4 Å². The molecule has 0 spiro atoms. The van der Waals surface area contributed by atoms with Gasteiger partial charge in [0, 0.05) is 0 Å². The minimum absolute atomic E-state index is 0.0724. The van der Waals surface area contributed by atoms with Gasteiger partial charge < -0.3 is 19.3 Å². The zero-order valence-corrected chi connectivity index (χ0v) is 13.1.